The molecule has 2 rings (SSSR count). The lowest BCUT2D eigenvalue weighted by molar-refractivity contribution is 0.623. The predicted octanol–water partition coefficient (Wildman–Crippen LogP) is 4.11. The molecular weight excluding hydrogens is 340 g/mol. The van der Waals surface area contributed by atoms with E-state index in [1.807, 2.05) is 24.6 Å². The molecule has 1 N–H and O–H groups in total. The molecule has 104 valence electrons. The lowest BCUT2D eigenvalue weighted by Crippen LogP contribution is -2.08. The number of rotatable bonds is 4. The smallest absolute Gasteiger partial charge is 0.0992 e. The van der Waals surface area contributed by atoms with Crippen molar-refractivity contribution in [3.63, 3.8) is 0 Å². The Bertz CT molecular complexity index is 673. The van der Waals surface area contributed by atoms with Gasteiger partial charge in [-0.3, -0.25) is 4.68 Å². The van der Waals surface area contributed by atoms with Crippen LogP contribution in [0.5, 0.6) is 0 Å². The molecule has 4 nitrogen and oxygen atoms in total. The van der Waals surface area contributed by atoms with Crippen molar-refractivity contribution in [2.24, 2.45) is 0 Å². The second-order valence-corrected chi connectivity index (χ2v) is 5.55. The van der Waals surface area contributed by atoms with Crippen molar-refractivity contribution in [2.45, 2.75) is 26.9 Å². The number of aromatic nitrogens is 2. The Kier molecular flexibility index (Phi) is 4.69. The fraction of sp³-hybridized carbons (Fsp3) is 0.286. The number of nitrogens with zero attached hydrogens (tertiary/aromatic N) is 3. The van der Waals surface area contributed by atoms with Crippen LogP contribution in [-0.2, 0) is 13.1 Å². The van der Waals surface area contributed by atoms with E-state index in [-0.39, 0.29) is 0 Å². The van der Waals surface area contributed by atoms with E-state index in [4.69, 9.17) is 16.9 Å². The molecule has 0 bridgehead atoms. The molecule has 0 aliphatic rings. The summed E-state index contributed by atoms with van der Waals surface area (Å²) in [6.45, 7) is 5.29. The van der Waals surface area contributed by atoms with Gasteiger partial charge < -0.3 is 5.32 Å². The van der Waals surface area contributed by atoms with E-state index in [2.05, 4.69) is 32.4 Å². The first-order valence-electron chi connectivity index (χ1n) is 6.22. The molecule has 1 heterocycles. The number of hydrogen-bond donors (Lipinski definition) is 1. The number of halogens is 2. The van der Waals surface area contributed by atoms with Gasteiger partial charge in [-0.1, -0.05) is 11.6 Å². The fourth-order valence-corrected chi connectivity index (χ4v) is 2.67. The third-order valence-electron chi connectivity index (χ3n) is 3.00. The molecule has 6 heteroatoms. The zero-order valence-electron chi connectivity index (χ0n) is 11.2. The first-order chi connectivity index (χ1) is 9.56. The van der Waals surface area contributed by atoms with Crippen molar-refractivity contribution in [1.82, 2.24) is 9.78 Å². The molecule has 0 radical (unpaired) electrons. The van der Waals surface area contributed by atoms with Crippen molar-refractivity contribution < 1.29 is 0 Å². The predicted molar refractivity (Wildman–Crippen MR) is 83.8 cm³/mol. The van der Waals surface area contributed by atoms with Crippen LogP contribution in [0, 0.1) is 18.3 Å². The molecule has 0 spiro atoms. The second-order valence-electron chi connectivity index (χ2n) is 4.32. The van der Waals surface area contributed by atoms with Crippen LogP contribution in [0.3, 0.4) is 0 Å². The highest BCUT2D eigenvalue weighted by molar-refractivity contribution is 9.10. The van der Waals surface area contributed by atoms with Crippen molar-refractivity contribution in [1.29, 1.82) is 5.26 Å². The molecule has 1 aromatic heterocycles. The van der Waals surface area contributed by atoms with Crippen LogP contribution >= 0.6 is 27.5 Å². The van der Waals surface area contributed by atoms with Gasteiger partial charge in [0.2, 0.25) is 0 Å². The van der Waals surface area contributed by atoms with Crippen LogP contribution in [0.2, 0.25) is 5.02 Å². The van der Waals surface area contributed by atoms with Crippen LogP contribution in [0.1, 0.15) is 23.9 Å². The molecule has 2 aromatic rings. The van der Waals surface area contributed by atoms with Gasteiger partial charge in [-0.2, -0.15) is 10.4 Å². The number of hydrogen-bond acceptors (Lipinski definition) is 3. The van der Waals surface area contributed by atoms with Gasteiger partial charge in [0.1, 0.15) is 0 Å². The second kappa shape index (κ2) is 6.29. The summed E-state index contributed by atoms with van der Waals surface area (Å²) >= 11 is 9.72. The van der Waals surface area contributed by atoms with Crippen LogP contribution < -0.4 is 5.32 Å². The quantitative estimate of drug-likeness (QED) is 0.900. The SMILES string of the molecule is CCn1nc(C)c(Cl)c1CNc1ccc(C#N)cc1Br. The number of anilines is 1. The summed E-state index contributed by atoms with van der Waals surface area (Å²) in [5.41, 5.74) is 3.34. The van der Waals surface area contributed by atoms with Crippen molar-refractivity contribution in [3.8, 4) is 6.07 Å². The first kappa shape index (κ1) is 14.9. The molecule has 0 aliphatic heterocycles. The van der Waals surface area contributed by atoms with Crippen LogP contribution in [0.25, 0.3) is 0 Å². The molecule has 1 aromatic carbocycles. The topological polar surface area (TPSA) is 53.6 Å². The Morgan fingerprint density at radius 3 is 2.85 bits per heavy atom. The van der Waals surface area contributed by atoms with Crippen molar-refractivity contribution >= 4 is 33.2 Å². The molecule has 0 aliphatic carbocycles. The van der Waals surface area contributed by atoms with E-state index in [1.165, 1.54) is 0 Å². The molecule has 20 heavy (non-hydrogen) atoms. The third kappa shape index (κ3) is 2.97. The van der Waals surface area contributed by atoms with E-state index in [9.17, 15) is 0 Å². The zero-order chi connectivity index (χ0) is 14.7. The highest BCUT2D eigenvalue weighted by atomic mass is 79.9. The minimum Gasteiger partial charge on any atom is -0.378 e. The molecule has 0 atom stereocenters. The zero-order valence-corrected chi connectivity index (χ0v) is 13.6. The summed E-state index contributed by atoms with van der Waals surface area (Å²) in [5, 5.41) is 17.2. The Labute approximate surface area is 131 Å². The van der Waals surface area contributed by atoms with Crippen LogP contribution in [-0.4, -0.2) is 9.78 Å². The summed E-state index contributed by atoms with van der Waals surface area (Å²) in [7, 11) is 0. The Balaban J connectivity index is 2.19. The van der Waals surface area contributed by atoms with Crippen molar-refractivity contribution in [2.75, 3.05) is 5.32 Å². The summed E-state index contributed by atoms with van der Waals surface area (Å²) in [6, 6.07) is 7.54. The van der Waals surface area contributed by atoms with E-state index >= 15 is 0 Å². The maximum atomic E-state index is 8.85. The summed E-state index contributed by atoms with van der Waals surface area (Å²) < 4.78 is 2.74. The number of nitriles is 1. The van der Waals surface area contributed by atoms with Crippen LogP contribution in [0.4, 0.5) is 5.69 Å². The normalized spacial score (nSPS) is 10.3. The molecular formula is C14H14BrClN4. The number of benzene rings is 1. The van der Waals surface area contributed by atoms with Gasteiger partial charge in [-0.15, -0.1) is 0 Å². The van der Waals surface area contributed by atoms with Gasteiger partial charge in [-0.05, 0) is 48.0 Å². The Hall–Kier alpha value is -1.51. The Morgan fingerprint density at radius 1 is 1.50 bits per heavy atom. The average Bonchev–Trinajstić information content (AvgIpc) is 2.73. The maximum absolute atomic E-state index is 8.85. The van der Waals surface area contributed by atoms with E-state index in [0.717, 1.165) is 28.1 Å². The van der Waals surface area contributed by atoms with E-state index in [1.54, 1.807) is 12.1 Å². The highest BCUT2D eigenvalue weighted by Gasteiger charge is 2.12. The third-order valence-corrected chi connectivity index (χ3v) is 4.15. The van der Waals surface area contributed by atoms with Gasteiger partial charge in [0, 0.05) is 16.7 Å². The average molecular weight is 354 g/mol. The van der Waals surface area contributed by atoms with Gasteiger partial charge in [0.05, 0.1) is 34.6 Å². The number of aryl methyl sites for hydroxylation is 2. The van der Waals surface area contributed by atoms with Gasteiger partial charge >= 0.3 is 0 Å². The molecule has 0 saturated carbocycles. The maximum Gasteiger partial charge on any atom is 0.0992 e. The molecule has 0 unspecified atom stereocenters. The first-order valence-corrected chi connectivity index (χ1v) is 7.39. The van der Waals surface area contributed by atoms with Gasteiger partial charge in [0.25, 0.3) is 0 Å². The van der Waals surface area contributed by atoms with Crippen molar-refractivity contribution in [3.05, 3.63) is 44.6 Å². The fourth-order valence-electron chi connectivity index (χ4n) is 1.94. The highest BCUT2D eigenvalue weighted by Crippen LogP contribution is 2.26. The largest absolute Gasteiger partial charge is 0.378 e. The minimum atomic E-state index is 0.581. The summed E-state index contributed by atoms with van der Waals surface area (Å²) in [5.74, 6) is 0. The van der Waals surface area contributed by atoms with Crippen LogP contribution in [0.15, 0.2) is 22.7 Å². The lowest BCUT2D eigenvalue weighted by atomic mass is 10.2. The van der Waals surface area contributed by atoms with Gasteiger partial charge in [-0.25, -0.2) is 0 Å². The van der Waals surface area contributed by atoms with E-state index in [0.29, 0.717) is 17.1 Å². The molecule has 0 saturated heterocycles. The van der Waals surface area contributed by atoms with E-state index < -0.39 is 0 Å². The standard InChI is InChI=1S/C14H14BrClN4/c1-3-20-13(14(16)9(2)19-20)8-18-12-5-4-10(7-17)6-11(12)15/h4-6,18H,3,8H2,1-2H3. The molecule has 0 amide bonds. The minimum absolute atomic E-state index is 0.581. The summed E-state index contributed by atoms with van der Waals surface area (Å²) in [4.78, 5) is 0. The lowest BCUT2D eigenvalue weighted by Gasteiger charge is -2.10. The monoisotopic (exact) mass is 352 g/mol. The summed E-state index contributed by atoms with van der Waals surface area (Å²) in [6.07, 6.45) is 0. The Morgan fingerprint density at radius 2 is 2.25 bits per heavy atom. The molecule has 0 fully saturated rings. The van der Waals surface area contributed by atoms with Gasteiger partial charge in [0.15, 0.2) is 0 Å². The number of nitrogens with one attached hydrogen (secondary N) is 1.